The van der Waals surface area contributed by atoms with Crippen LogP contribution in [0.15, 0.2) is 65.1 Å². The number of rotatable bonds is 6. The Balaban J connectivity index is 1.44. The number of hydrogen-bond acceptors (Lipinski definition) is 8. The van der Waals surface area contributed by atoms with Gasteiger partial charge in [0.1, 0.15) is 17.0 Å². The minimum atomic E-state index is -3.84. The standard InChI is InChI=1S/C26H24N6O2S2/c1-15-5-10-21(16(2)11-15)22-13-35-25-23(22)24(27-14-28-25)31-19-6-8-20(9-7-19)36(33,34)32-26-29-17(3)12-18(4)30-26/h5-14H,1-4H3,(H,27,28,31)(H,29,30,32). The van der Waals surface area contributed by atoms with Gasteiger partial charge in [0.05, 0.1) is 10.3 Å². The Kier molecular flexibility index (Phi) is 6.15. The number of nitrogens with one attached hydrogen (secondary N) is 2. The van der Waals surface area contributed by atoms with Gasteiger partial charge in [-0.15, -0.1) is 11.3 Å². The van der Waals surface area contributed by atoms with Crippen molar-refractivity contribution in [1.29, 1.82) is 0 Å². The number of fused-ring (bicyclic) bond motifs is 1. The number of thiophene rings is 1. The van der Waals surface area contributed by atoms with Crippen molar-refractivity contribution in [3.05, 3.63) is 82.8 Å². The highest BCUT2D eigenvalue weighted by molar-refractivity contribution is 7.92. The van der Waals surface area contributed by atoms with E-state index in [9.17, 15) is 8.42 Å². The van der Waals surface area contributed by atoms with Gasteiger partial charge in [0, 0.05) is 28.0 Å². The summed E-state index contributed by atoms with van der Waals surface area (Å²) in [6.07, 6.45) is 1.53. The number of hydrogen-bond donors (Lipinski definition) is 2. The molecule has 3 heterocycles. The third kappa shape index (κ3) is 4.77. The summed E-state index contributed by atoms with van der Waals surface area (Å²) in [5.41, 5.74) is 6.65. The molecule has 0 aliphatic carbocycles. The monoisotopic (exact) mass is 516 g/mol. The maximum absolute atomic E-state index is 12.9. The van der Waals surface area contributed by atoms with Gasteiger partial charge in [-0.2, -0.15) is 0 Å². The molecule has 2 N–H and O–H groups in total. The molecule has 8 nitrogen and oxygen atoms in total. The highest BCUT2D eigenvalue weighted by atomic mass is 32.2. The zero-order valence-corrected chi connectivity index (χ0v) is 21.8. The van der Waals surface area contributed by atoms with Gasteiger partial charge in [0.25, 0.3) is 10.0 Å². The van der Waals surface area contributed by atoms with Crippen molar-refractivity contribution in [2.24, 2.45) is 0 Å². The first-order valence-corrected chi connectivity index (χ1v) is 13.6. The van der Waals surface area contributed by atoms with Crippen LogP contribution in [0.2, 0.25) is 0 Å². The number of aromatic nitrogens is 4. The molecule has 0 aliphatic rings. The average Bonchev–Trinajstić information content (AvgIpc) is 3.23. The van der Waals surface area contributed by atoms with E-state index in [0.29, 0.717) is 22.9 Å². The van der Waals surface area contributed by atoms with Crippen LogP contribution in [0, 0.1) is 27.7 Å². The summed E-state index contributed by atoms with van der Waals surface area (Å²) < 4.78 is 28.2. The van der Waals surface area contributed by atoms with Crippen molar-refractivity contribution in [3.8, 4) is 11.1 Å². The molecule has 0 saturated heterocycles. The van der Waals surface area contributed by atoms with E-state index in [1.165, 1.54) is 29.6 Å². The van der Waals surface area contributed by atoms with Gasteiger partial charge >= 0.3 is 0 Å². The van der Waals surface area contributed by atoms with Gasteiger partial charge in [-0.25, -0.2) is 33.1 Å². The molecule has 0 saturated carbocycles. The van der Waals surface area contributed by atoms with E-state index >= 15 is 0 Å². The summed E-state index contributed by atoms with van der Waals surface area (Å²) in [7, 11) is -3.84. The second-order valence-electron chi connectivity index (χ2n) is 8.60. The number of benzene rings is 2. The lowest BCUT2D eigenvalue weighted by Crippen LogP contribution is -2.15. The Labute approximate surface area is 213 Å². The molecule has 5 rings (SSSR count). The average molecular weight is 517 g/mol. The van der Waals surface area contributed by atoms with Gasteiger partial charge < -0.3 is 5.32 Å². The molecule has 0 spiro atoms. The van der Waals surface area contributed by atoms with E-state index in [1.807, 2.05) is 0 Å². The number of aryl methyl sites for hydroxylation is 4. The Morgan fingerprint density at radius 1 is 0.833 bits per heavy atom. The van der Waals surface area contributed by atoms with Crippen LogP contribution in [0.4, 0.5) is 17.5 Å². The first-order valence-electron chi connectivity index (χ1n) is 11.2. The Bertz CT molecular complexity index is 1680. The lowest BCUT2D eigenvalue weighted by Gasteiger charge is -2.11. The molecule has 0 fully saturated rings. The fourth-order valence-electron chi connectivity index (χ4n) is 4.09. The highest BCUT2D eigenvalue weighted by Gasteiger charge is 2.18. The smallest absolute Gasteiger partial charge is 0.264 e. The molecule has 0 amide bonds. The molecule has 0 aliphatic heterocycles. The molecule has 3 aromatic heterocycles. The molecular formula is C26H24N6O2S2. The SMILES string of the molecule is Cc1ccc(-c2csc3ncnc(Nc4ccc(S(=O)(=O)Nc5nc(C)cc(C)n5)cc4)c23)c(C)c1. The summed E-state index contributed by atoms with van der Waals surface area (Å²) >= 11 is 1.56. The van der Waals surface area contributed by atoms with Gasteiger partial charge in [-0.05, 0) is 69.2 Å². The predicted octanol–water partition coefficient (Wildman–Crippen LogP) is 5.93. The molecule has 2 aromatic carbocycles. The van der Waals surface area contributed by atoms with Crippen LogP contribution in [-0.4, -0.2) is 28.4 Å². The van der Waals surface area contributed by atoms with Crippen LogP contribution in [0.3, 0.4) is 0 Å². The van der Waals surface area contributed by atoms with Crippen molar-refractivity contribution < 1.29 is 8.42 Å². The van der Waals surface area contributed by atoms with E-state index < -0.39 is 10.0 Å². The fraction of sp³-hybridized carbons (Fsp3) is 0.154. The Morgan fingerprint density at radius 3 is 2.25 bits per heavy atom. The summed E-state index contributed by atoms with van der Waals surface area (Å²) in [5.74, 6) is 0.711. The van der Waals surface area contributed by atoms with Crippen molar-refractivity contribution in [3.63, 3.8) is 0 Å². The van der Waals surface area contributed by atoms with Crippen LogP contribution in [0.5, 0.6) is 0 Å². The lowest BCUT2D eigenvalue weighted by molar-refractivity contribution is 0.601. The van der Waals surface area contributed by atoms with E-state index in [0.717, 1.165) is 21.3 Å². The zero-order chi connectivity index (χ0) is 25.4. The number of anilines is 3. The van der Waals surface area contributed by atoms with Crippen LogP contribution >= 0.6 is 11.3 Å². The highest BCUT2D eigenvalue weighted by Crippen LogP contribution is 2.39. The third-order valence-corrected chi connectivity index (χ3v) is 7.91. The van der Waals surface area contributed by atoms with Crippen molar-refractivity contribution >= 4 is 49.0 Å². The number of sulfonamides is 1. The van der Waals surface area contributed by atoms with E-state index in [2.05, 4.69) is 67.4 Å². The maximum atomic E-state index is 12.9. The zero-order valence-electron chi connectivity index (χ0n) is 20.2. The first-order chi connectivity index (χ1) is 17.2. The third-order valence-electron chi connectivity index (χ3n) is 5.68. The van der Waals surface area contributed by atoms with Crippen LogP contribution in [-0.2, 0) is 10.0 Å². The second kappa shape index (κ2) is 9.29. The molecule has 182 valence electrons. The maximum Gasteiger partial charge on any atom is 0.264 e. The van der Waals surface area contributed by atoms with Crippen LogP contribution in [0.25, 0.3) is 21.3 Å². The van der Waals surface area contributed by atoms with Gasteiger partial charge in [0.15, 0.2) is 0 Å². The topological polar surface area (TPSA) is 110 Å². The Morgan fingerprint density at radius 2 is 1.56 bits per heavy atom. The van der Waals surface area contributed by atoms with E-state index in [-0.39, 0.29) is 10.8 Å². The molecule has 0 atom stereocenters. The molecule has 5 aromatic rings. The largest absolute Gasteiger partial charge is 0.340 e. The van der Waals surface area contributed by atoms with E-state index in [4.69, 9.17) is 0 Å². The molecule has 36 heavy (non-hydrogen) atoms. The fourth-order valence-corrected chi connectivity index (χ4v) is 5.94. The minimum Gasteiger partial charge on any atom is -0.340 e. The minimum absolute atomic E-state index is 0.0504. The summed E-state index contributed by atoms with van der Waals surface area (Å²) in [5, 5.41) is 6.36. The van der Waals surface area contributed by atoms with Gasteiger partial charge in [0.2, 0.25) is 5.95 Å². The molecular weight excluding hydrogens is 492 g/mol. The summed E-state index contributed by atoms with van der Waals surface area (Å²) in [4.78, 5) is 18.2. The normalized spacial score (nSPS) is 11.6. The van der Waals surface area contributed by atoms with E-state index in [1.54, 1.807) is 43.4 Å². The van der Waals surface area contributed by atoms with Crippen LogP contribution in [0.1, 0.15) is 22.5 Å². The van der Waals surface area contributed by atoms with Crippen molar-refractivity contribution in [2.75, 3.05) is 10.0 Å². The predicted molar refractivity (Wildman–Crippen MR) is 144 cm³/mol. The summed E-state index contributed by atoms with van der Waals surface area (Å²) in [6, 6.07) is 14.6. The molecule has 0 bridgehead atoms. The van der Waals surface area contributed by atoms with Gasteiger partial charge in [-0.1, -0.05) is 23.8 Å². The quantitative estimate of drug-likeness (QED) is 0.288. The van der Waals surface area contributed by atoms with Crippen LogP contribution < -0.4 is 10.0 Å². The summed E-state index contributed by atoms with van der Waals surface area (Å²) in [6.45, 7) is 7.75. The molecule has 0 radical (unpaired) electrons. The second-order valence-corrected chi connectivity index (χ2v) is 11.1. The molecule has 10 heteroatoms. The van der Waals surface area contributed by atoms with Gasteiger partial charge in [-0.3, -0.25) is 0 Å². The molecule has 0 unspecified atom stereocenters. The Hall–Kier alpha value is -3.89. The number of nitrogens with zero attached hydrogens (tertiary/aromatic N) is 4. The van der Waals surface area contributed by atoms with Crippen molar-refractivity contribution in [1.82, 2.24) is 19.9 Å². The first kappa shape index (κ1) is 23.8. The lowest BCUT2D eigenvalue weighted by atomic mass is 9.99. The van der Waals surface area contributed by atoms with Crippen molar-refractivity contribution in [2.45, 2.75) is 32.6 Å².